The molecule has 30 heavy (non-hydrogen) atoms. The fourth-order valence-electron chi connectivity index (χ4n) is 3.44. The number of halogens is 1. The van der Waals surface area contributed by atoms with Gasteiger partial charge in [0.1, 0.15) is 5.82 Å². The number of hydrogen-bond donors (Lipinski definition) is 1. The second-order valence-electron chi connectivity index (χ2n) is 7.08. The van der Waals surface area contributed by atoms with Gasteiger partial charge in [-0.3, -0.25) is 9.59 Å². The molecule has 0 radical (unpaired) electrons. The lowest BCUT2D eigenvalue weighted by molar-refractivity contribution is -0.113. The molecule has 2 aromatic carbocycles. The molecule has 0 saturated carbocycles. The first-order valence-electron chi connectivity index (χ1n) is 9.86. The summed E-state index contributed by atoms with van der Waals surface area (Å²) in [6.45, 7) is 0.888. The molecular formula is C22H21ClN4O2S. The van der Waals surface area contributed by atoms with Crippen LogP contribution in [0.1, 0.15) is 41.0 Å². The van der Waals surface area contributed by atoms with Crippen molar-refractivity contribution in [2.75, 3.05) is 11.1 Å². The molecule has 0 atom stereocenters. The van der Waals surface area contributed by atoms with Gasteiger partial charge in [-0.1, -0.05) is 60.1 Å². The smallest absolute Gasteiger partial charge is 0.234 e. The van der Waals surface area contributed by atoms with Crippen molar-refractivity contribution < 1.29 is 9.59 Å². The van der Waals surface area contributed by atoms with Crippen LogP contribution in [0.3, 0.4) is 0 Å². The number of ketones is 1. The highest BCUT2D eigenvalue weighted by atomic mass is 35.5. The quantitative estimate of drug-likeness (QED) is 0.447. The summed E-state index contributed by atoms with van der Waals surface area (Å²) in [7, 11) is 0. The third kappa shape index (κ3) is 4.74. The Morgan fingerprint density at radius 2 is 1.90 bits per heavy atom. The van der Waals surface area contributed by atoms with Crippen molar-refractivity contribution in [3.05, 3.63) is 70.5 Å². The van der Waals surface area contributed by atoms with Crippen LogP contribution in [0, 0.1) is 0 Å². The largest absolute Gasteiger partial charge is 0.325 e. The first-order valence-corrected chi connectivity index (χ1v) is 11.2. The molecule has 0 unspecified atom stereocenters. The lowest BCUT2D eigenvalue weighted by Crippen LogP contribution is -2.17. The van der Waals surface area contributed by atoms with E-state index in [2.05, 4.69) is 20.1 Å². The number of nitrogens with one attached hydrogen (secondary N) is 1. The Balaban J connectivity index is 1.46. The van der Waals surface area contributed by atoms with E-state index in [9.17, 15) is 9.59 Å². The Bertz CT molecular complexity index is 1070. The lowest BCUT2D eigenvalue weighted by atomic mass is 10.0. The topological polar surface area (TPSA) is 76.9 Å². The fourth-order valence-corrected chi connectivity index (χ4v) is 4.40. The minimum Gasteiger partial charge on any atom is -0.325 e. The summed E-state index contributed by atoms with van der Waals surface area (Å²) in [6, 6.07) is 13.8. The molecule has 4 rings (SSSR count). The van der Waals surface area contributed by atoms with Crippen molar-refractivity contribution in [3.8, 4) is 0 Å². The summed E-state index contributed by atoms with van der Waals surface area (Å²) in [4.78, 5) is 25.5. The molecule has 1 aliphatic rings. The summed E-state index contributed by atoms with van der Waals surface area (Å²) >= 11 is 7.47. The van der Waals surface area contributed by atoms with E-state index >= 15 is 0 Å². The van der Waals surface area contributed by atoms with Crippen molar-refractivity contribution in [2.45, 2.75) is 37.4 Å². The molecule has 1 aliphatic heterocycles. The molecule has 0 spiro atoms. The predicted molar refractivity (Wildman–Crippen MR) is 118 cm³/mol. The zero-order valence-corrected chi connectivity index (χ0v) is 17.9. The van der Waals surface area contributed by atoms with Gasteiger partial charge >= 0.3 is 0 Å². The van der Waals surface area contributed by atoms with E-state index in [0.717, 1.165) is 36.8 Å². The van der Waals surface area contributed by atoms with Crippen LogP contribution < -0.4 is 5.32 Å². The molecule has 1 amide bonds. The summed E-state index contributed by atoms with van der Waals surface area (Å²) in [5, 5.41) is 12.5. The van der Waals surface area contributed by atoms with Crippen molar-refractivity contribution in [3.63, 3.8) is 0 Å². The van der Waals surface area contributed by atoms with Crippen LogP contribution in [-0.4, -0.2) is 32.2 Å². The molecule has 0 saturated heterocycles. The van der Waals surface area contributed by atoms with Gasteiger partial charge in [-0.15, -0.1) is 10.2 Å². The number of nitrogens with zero attached hydrogens (tertiary/aromatic N) is 3. The standard InChI is InChI=1S/C22H21ClN4O2S/c23-16-10-11-18(17(13-16)21(29)15-7-3-1-4-8-15)24-20(28)14-30-22-26-25-19-9-5-2-6-12-27(19)22/h1,3-4,7-8,10-11,13H,2,5-6,9,12,14H2,(H,24,28). The average Bonchev–Trinajstić information content (AvgIpc) is 2.99. The van der Waals surface area contributed by atoms with Gasteiger partial charge in [0.25, 0.3) is 0 Å². The number of hydrogen-bond acceptors (Lipinski definition) is 5. The van der Waals surface area contributed by atoms with Gasteiger partial charge in [0.05, 0.1) is 11.4 Å². The summed E-state index contributed by atoms with van der Waals surface area (Å²) in [6.07, 6.45) is 4.33. The number of carbonyl (C=O) groups is 2. The van der Waals surface area contributed by atoms with Crippen LogP contribution in [0.2, 0.25) is 5.02 Å². The molecular weight excluding hydrogens is 420 g/mol. The zero-order chi connectivity index (χ0) is 20.9. The number of rotatable bonds is 6. The molecule has 154 valence electrons. The molecule has 6 nitrogen and oxygen atoms in total. The van der Waals surface area contributed by atoms with Gasteiger partial charge in [-0.2, -0.15) is 0 Å². The highest BCUT2D eigenvalue weighted by Gasteiger charge is 2.18. The minimum absolute atomic E-state index is 0.180. The number of aromatic nitrogens is 3. The van der Waals surface area contributed by atoms with Gasteiger partial charge in [-0.25, -0.2) is 0 Å². The van der Waals surface area contributed by atoms with Crippen LogP contribution in [0.15, 0.2) is 53.7 Å². The van der Waals surface area contributed by atoms with E-state index in [1.165, 1.54) is 18.2 Å². The van der Waals surface area contributed by atoms with Gasteiger partial charge < -0.3 is 9.88 Å². The van der Waals surface area contributed by atoms with E-state index in [-0.39, 0.29) is 17.4 Å². The number of thioether (sulfide) groups is 1. The van der Waals surface area contributed by atoms with Crippen LogP contribution in [0.4, 0.5) is 5.69 Å². The summed E-state index contributed by atoms with van der Waals surface area (Å²) < 4.78 is 2.11. The summed E-state index contributed by atoms with van der Waals surface area (Å²) in [5.41, 5.74) is 1.35. The normalized spacial score (nSPS) is 13.4. The predicted octanol–water partition coefficient (Wildman–Crippen LogP) is 4.62. The first kappa shape index (κ1) is 20.6. The zero-order valence-electron chi connectivity index (χ0n) is 16.3. The maximum atomic E-state index is 12.9. The third-order valence-corrected chi connectivity index (χ3v) is 6.15. The fraction of sp³-hybridized carbons (Fsp3) is 0.273. The van der Waals surface area contributed by atoms with Gasteiger partial charge in [0, 0.05) is 29.1 Å². The van der Waals surface area contributed by atoms with E-state index in [4.69, 9.17) is 11.6 Å². The second kappa shape index (κ2) is 9.45. The maximum Gasteiger partial charge on any atom is 0.234 e. The molecule has 0 bridgehead atoms. The number of anilines is 1. The Morgan fingerprint density at radius 1 is 1.07 bits per heavy atom. The van der Waals surface area contributed by atoms with E-state index in [1.807, 2.05) is 6.07 Å². The Labute approximate surface area is 184 Å². The molecule has 0 aliphatic carbocycles. The Hall–Kier alpha value is -2.64. The van der Waals surface area contributed by atoms with E-state index < -0.39 is 0 Å². The number of fused-ring (bicyclic) bond motifs is 1. The van der Waals surface area contributed by atoms with Crippen LogP contribution >= 0.6 is 23.4 Å². The second-order valence-corrected chi connectivity index (χ2v) is 8.46. The highest BCUT2D eigenvalue weighted by molar-refractivity contribution is 7.99. The molecule has 8 heteroatoms. The van der Waals surface area contributed by atoms with E-state index in [1.54, 1.807) is 42.5 Å². The van der Waals surface area contributed by atoms with Gasteiger partial charge in [0.15, 0.2) is 10.9 Å². The molecule has 0 fully saturated rings. The number of benzene rings is 2. The number of amides is 1. The first-order chi connectivity index (χ1) is 14.6. The molecule has 3 aromatic rings. The van der Waals surface area contributed by atoms with Crippen LogP contribution in [0.5, 0.6) is 0 Å². The lowest BCUT2D eigenvalue weighted by Gasteiger charge is -2.11. The molecule has 1 aromatic heterocycles. The van der Waals surface area contributed by atoms with Crippen molar-refractivity contribution in [2.24, 2.45) is 0 Å². The SMILES string of the molecule is O=C(CSc1nnc2n1CCCCC2)Nc1ccc(Cl)cc1C(=O)c1ccccc1. The van der Waals surface area contributed by atoms with Crippen LogP contribution in [0.25, 0.3) is 0 Å². The average molecular weight is 441 g/mol. The molecule has 1 N–H and O–H groups in total. The van der Waals surface area contributed by atoms with Crippen molar-refractivity contribution in [1.82, 2.24) is 14.8 Å². The van der Waals surface area contributed by atoms with Crippen LogP contribution in [-0.2, 0) is 17.8 Å². The minimum atomic E-state index is -0.213. The monoisotopic (exact) mass is 440 g/mol. The maximum absolute atomic E-state index is 12.9. The van der Waals surface area contributed by atoms with Gasteiger partial charge in [-0.05, 0) is 31.0 Å². The summed E-state index contributed by atoms with van der Waals surface area (Å²) in [5.74, 6) is 0.766. The third-order valence-electron chi connectivity index (χ3n) is 4.94. The Kier molecular flexibility index (Phi) is 6.50. The van der Waals surface area contributed by atoms with Crippen molar-refractivity contribution >= 4 is 40.7 Å². The van der Waals surface area contributed by atoms with Crippen molar-refractivity contribution in [1.29, 1.82) is 0 Å². The molecule has 2 heterocycles. The Morgan fingerprint density at radius 3 is 2.73 bits per heavy atom. The van der Waals surface area contributed by atoms with Gasteiger partial charge in [0.2, 0.25) is 5.91 Å². The van der Waals surface area contributed by atoms with E-state index in [0.29, 0.717) is 21.8 Å². The highest BCUT2D eigenvalue weighted by Crippen LogP contribution is 2.25. The number of aryl methyl sites for hydroxylation is 1. The number of carbonyl (C=O) groups excluding carboxylic acids is 2.